The minimum Gasteiger partial charge on any atom is -0.348 e. The van der Waals surface area contributed by atoms with Gasteiger partial charge in [-0.1, -0.05) is 19.3 Å². The van der Waals surface area contributed by atoms with Crippen LogP contribution in [0.5, 0.6) is 0 Å². The second-order valence-electron chi connectivity index (χ2n) is 4.86. The first kappa shape index (κ1) is 14.3. The van der Waals surface area contributed by atoms with Gasteiger partial charge in [0.15, 0.2) is 11.6 Å². The largest absolute Gasteiger partial charge is 0.348 e. The number of alkyl halides is 1. The predicted octanol–water partition coefficient (Wildman–Crippen LogP) is 3.63. The standard InChI is InChI=1S/C14H16ClF2NO/c15-10-4-2-1-3-5-13(10)18-14(19)9-6-7-11(16)12(17)8-9/h6-8,10,13H,1-5H2,(H,18,19). The average molecular weight is 288 g/mol. The lowest BCUT2D eigenvalue weighted by Crippen LogP contribution is -2.40. The van der Waals surface area contributed by atoms with Crippen molar-refractivity contribution < 1.29 is 13.6 Å². The van der Waals surface area contributed by atoms with Gasteiger partial charge in [0.1, 0.15) is 0 Å². The number of benzene rings is 1. The summed E-state index contributed by atoms with van der Waals surface area (Å²) in [7, 11) is 0. The highest BCUT2D eigenvalue weighted by Crippen LogP contribution is 2.22. The number of hydrogen-bond donors (Lipinski definition) is 1. The molecule has 1 aliphatic rings. The summed E-state index contributed by atoms with van der Waals surface area (Å²) in [5.74, 6) is -2.38. The van der Waals surface area contributed by atoms with Crippen LogP contribution in [0.1, 0.15) is 42.5 Å². The Kier molecular flexibility index (Phi) is 4.75. The zero-order chi connectivity index (χ0) is 13.8. The first-order chi connectivity index (χ1) is 9.08. The maximum Gasteiger partial charge on any atom is 0.251 e. The van der Waals surface area contributed by atoms with Gasteiger partial charge in [-0.25, -0.2) is 8.78 Å². The number of nitrogens with one attached hydrogen (secondary N) is 1. The maximum absolute atomic E-state index is 13.1. The van der Waals surface area contributed by atoms with Gasteiger partial charge < -0.3 is 5.32 Å². The molecule has 0 aliphatic heterocycles. The van der Waals surface area contributed by atoms with E-state index in [4.69, 9.17) is 11.6 Å². The average Bonchev–Trinajstić information content (AvgIpc) is 2.58. The van der Waals surface area contributed by atoms with Gasteiger partial charge in [-0.15, -0.1) is 11.6 Å². The lowest BCUT2D eigenvalue weighted by atomic mass is 10.1. The monoisotopic (exact) mass is 287 g/mol. The molecule has 2 rings (SSSR count). The summed E-state index contributed by atoms with van der Waals surface area (Å²) in [4.78, 5) is 12.0. The molecular weight excluding hydrogens is 272 g/mol. The van der Waals surface area contributed by atoms with Crippen LogP contribution in [0.2, 0.25) is 0 Å². The molecule has 0 bridgehead atoms. The first-order valence-corrected chi connectivity index (χ1v) is 6.91. The van der Waals surface area contributed by atoms with Crippen LogP contribution in [-0.2, 0) is 0 Å². The molecule has 1 aromatic rings. The highest BCUT2D eigenvalue weighted by atomic mass is 35.5. The molecule has 0 spiro atoms. The molecule has 2 atom stereocenters. The van der Waals surface area contributed by atoms with Crippen molar-refractivity contribution in [1.29, 1.82) is 0 Å². The first-order valence-electron chi connectivity index (χ1n) is 6.48. The Bertz CT molecular complexity index is 467. The van der Waals surface area contributed by atoms with Gasteiger partial charge in [-0.3, -0.25) is 4.79 Å². The summed E-state index contributed by atoms with van der Waals surface area (Å²) in [6, 6.07) is 3.03. The molecule has 5 heteroatoms. The van der Waals surface area contributed by atoms with Crippen molar-refractivity contribution >= 4 is 17.5 Å². The topological polar surface area (TPSA) is 29.1 Å². The van der Waals surface area contributed by atoms with Crippen LogP contribution in [0.3, 0.4) is 0 Å². The van der Waals surface area contributed by atoms with Crippen molar-refractivity contribution in [3.63, 3.8) is 0 Å². The van der Waals surface area contributed by atoms with Crippen molar-refractivity contribution in [3.8, 4) is 0 Å². The molecule has 0 radical (unpaired) electrons. The molecule has 2 nitrogen and oxygen atoms in total. The lowest BCUT2D eigenvalue weighted by molar-refractivity contribution is 0.0933. The van der Waals surface area contributed by atoms with Gasteiger partial charge in [0.2, 0.25) is 0 Å². The minimum absolute atomic E-state index is 0.100. The van der Waals surface area contributed by atoms with E-state index in [-0.39, 0.29) is 17.0 Å². The SMILES string of the molecule is O=C(NC1CCCCCC1Cl)c1ccc(F)c(F)c1. The smallest absolute Gasteiger partial charge is 0.251 e. The molecule has 1 aliphatic carbocycles. The van der Waals surface area contributed by atoms with E-state index in [1.54, 1.807) is 0 Å². The van der Waals surface area contributed by atoms with Gasteiger partial charge in [-0.2, -0.15) is 0 Å². The summed E-state index contributed by atoms with van der Waals surface area (Å²) in [6.07, 6.45) is 4.88. The fraction of sp³-hybridized carbons (Fsp3) is 0.500. The lowest BCUT2D eigenvalue weighted by Gasteiger charge is -2.21. The minimum atomic E-state index is -1.02. The number of carbonyl (C=O) groups excluding carboxylic acids is 1. The molecule has 1 N–H and O–H groups in total. The molecule has 1 amide bonds. The van der Waals surface area contributed by atoms with Crippen LogP contribution >= 0.6 is 11.6 Å². The molecule has 0 heterocycles. The summed E-state index contributed by atoms with van der Waals surface area (Å²) < 4.78 is 25.9. The molecule has 1 saturated carbocycles. The van der Waals surface area contributed by atoms with E-state index in [9.17, 15) is 13.6 Å². The van der Waals surface area contributed by atoms with Crippen molar-refractivity contribution in [1.82, 2.24) is 5.32 Å². The van der Waals surface area contributed by atoms with Crippen LogP contribution in [-0.4, -0.2) is 17.3 Å². The van der Waals surface area contributed by atoms with E-state index in [1.165, 1.54) is 6.07 Å². The maximum atomic E-state index is 13.1. The van der Waals surface area contributed by atoms with Gasteiger partial charge in [-0.05, 0) is 31.0 Å². The van der Waals surface area contributed by atoms with Gasteiger partial charge in [0.05, 0.1) is 5.38 Å². The van der Waals surface area contributed by atoms with E-state index in [1.807, 2.05) is 0 Å². The molecule has 104 valence electrons. The fourth-order valence-electron chi connectivity index (χ4n) is 2.31. The van der Waals surface area contributed by atoms with Gasteiger partial charge in [0, 0.05) is 11.6 Å². The fourth-order valence-corrected chi connectivity index (χ4v) is 2.66. The van der Waals surface area contributed by atoms with E-state index in [0.29, 0.717) is 0 Å². The summed E-state index contributed by atoms with van der Waals surface area (Å²) in [5, 5.41) is 2.71. The Morgan fingerprint density at radius 3 is 2.63 bits per heavy atom. The Balaban J connectivity index is 2.05. The molecule has 19 heavy (non-hydrogen) atoms. The summed E-state index contributed by atoms with van der Waals surface area (Å²) >= 11 is 6.23. The third-order valence-corrected chi connectivity index (χ3v) is 3.95. The molecule has 0 aromatic heterocycles. The van der Waals surface area contributed by atoms with Crippen LogP contribution in [0.15, 0.2) is 18.2 Å². The molecule has 2 unspecified atom stereocenters. The third-order valence-electron chi connectivity index (χ3n) is 3.43. The van der Waals surface area contributed by atoms with E-state index in [2.05, 4.69) is 5.32 Å². The van der Waals surface area contributed by atoms with Crippen molar-refractivity contribution in [2.45, 2.75) is 43.5 Å². The van der Waals surface area contributed by atoms with Crippen molar-refractivity contribution in [2.24, 2.45) is 0 Å². The van der Waals surface area contributed by atoms with Crippen LogP contribution in [0, 0.1) is 11.6 Å². The van der Waals surface area contributed by atoms with Gasteiger partial charge >= 0.3 is 0 Å². The molecule has 1 aromatic carbocycles. The molecular formula is C14H16ClF2NO. The van der Waals surface area contributed by atoms with Crippen LogP contribution in [0.25, 0.3) is 0 Å². The summed E-state index contributed by atoms with van der Waals surface area (Å²) in [5.41, 5.74) is 0.118. The highest BCUT2D eigenvalue weighted by molar-refractivity contribution is 6.21. The normalized spacial score (nSPS) is 23.7. The van der Waals surface area contributed by atoms with E-state index < -0.39 is 17.5 Å². The Hall–Kier alpha value is -1.16. The van der Waals surface area contributed by atoms with Gasteiger partial charge in [0.25, 0.3) is 5.91 Å². The van der Waals surface area contributed by atoms with Crippen LogP contribution in [0.4, 0.5) is 8.78 Å². The van der Waals surface area contributed by atoms with E-state index in [0.717, 1.165) is 44.2 Å². The number of hydrogen-bond acceptors (Lipinski definition) is 1. The van der Waals surface area contributed by atoms with Crippen molar-refractivity contribution in [2.75, 3.05) is 0 Å². The van der Waals surface area contributed by atoms with Crippen molar-refractivity contribution in [3.05, 3.63) is 35.4 Å². The molecule has 1 fully saturated rings. The second kappa shape index (κ2) is 6.33. The van der Waals surface area contributed by atoms with E-state index >= 15 is 0 Å². The Morgan fingerprint density at radius 2 is 1.89 bits per heavy atom. The van der Waals surface area contributed by atoms with Crippen LogP contribution < -0.4 is 5.32 Å². The molecule has 0 saturated heterocycles. The summed E-state index contributed by atoms with van der Waals surface area (Å²) in [6.45, 7) is 0. The number of rotatable bonds is 2. The third kappa shape index (κ3) is 3.66. The number of amides is 1. The number of halogens is 3. The Labute approximate surface area is 116 Å². The Morgan fingerprint density at radius 1 is 1.16 bits per heavy atom. The zero-order valence-corrected chi connectivity index (χ0v) is 11.2. The quantitative estimate of drug-likeness (QED) is 0.653. The highest BCUT2D eigenvalue weighted by Gasteiger charge is 2.24. The number of carbonyl (C=O) groups is 1. The predicted molar refractivity (Wildman–Crippen MR) is 70.3 cm³/mol. The second-order valence-corrected chi connectivity index (χ2v) is 5.42. The zero-order valence-electron chi connectivity index (χ0n) is 10.5.